The maximum Gasteiger partial charge on any atom is 0.162 e. The summed E-state index contributed by atoms with van der Waals surface area (Å²) in [6, 6.07) is 13.2. The molecule has 2 aromatic rings. The van der Waals surface area contributed by atoms with Gasteiger partial charge in [-0.15, -0.1) is 0 Å². The molecule has 0 aliphatic rings. The minimum Gasteiger partial charge on any atom is -0.489 e. The Hall–Kier alpha value is -2.16. The average molecular weight is 258 g/mol. The van der Waals surface area contributed by atoms with Crippen molar-refractivity contribution in [2.24, 2.45) is 0 Å². The third-order valence-electron chi connectivity index (χ3n) is 2.82. The van der Waals surface area contributed by atoms with Crippen molar-refractivity contribution in [1.29, 1.82) is 0 Å². The monoisotopic (exact) mass is 258 g/mol. The molecule has 0 radical (unpaired) electrons. The van der Waals surface area contributed by atoms with Gasteiger partial charge in [-0.05, 0) is 42.0 Å². The van der Waals surface area contributed by atoms with Crippen molar-refractivity contribution in [1.82, 2.24) is 0 Å². The van der Waals surface area contributed by atoms with Crippen molar-refractivity contribution < 1.29 is 13.9 Å². The first kappa shape index (κ1) is 13.3. The van der Waals surface area contributed by atoms with E-state index >= 15 is 0 Å². The first-order valence-corrected chi connectivity index (χ1v) is 6.19. The number of carbonyl (C=O) groups excluding carboxylic acids is 1. The summed E-state index contributed by atoms with van der Waals surface area (Å²) in [6.07, 6.45) is 0.496. The summed E-state index contributed by atoms with van der Waals surface area (Å²) < 4.78 is 18.3. The van der Waals surface area contributed by atoms with E-state index in [0.717, 1.165) is 5.56 Å². The Bertz CT molecular complexity index is 544. The van der Waals surface area contributed by atoms with Gasteiger partial charge in [0.2, 0.25) is 0 Å². The van der Waals surface area contributed by atoms with E-state index in [1.54, 1.807) is 36.4 Å². The van der Waals surface area contributed by atoms with Crippen molar-refractivity contribution in [2.45, 2.75) is 20.0 Å². The summed E-state index contributed by atoms with van der Waals surface area (Å²) in [6.45, 7) is 2.21. The van der Waals surface area contributed by atoms with Crippen LogP contribution in [0.4, 0.5) is 4.39 Å². The van der Waals surface area contributed by atoms with E-state index < -0.39 is 0 Å². The largest absolute Gasteiger partial charge is 0.489 e. The van der Waals surface area contributed by atoms with Crippen LogP contribution >= 0.6 is 0 Å². The molecule has 0 aliphatic carbocycles. The van der Waals surface area contributed by atoms with Crippen LogP contribution in [-0.4, -0.2) is 5.78 Å². The number of rotatable bonds is 5. The van der Waals surface area contributed by atoms with E-state index in [9.17, 15) is 9.18 Å². The Balaban J connectivity index is 1.96. The molecule has 0 amide bonds. The summed E-state index contributed by atoms with van der Waals surface area (Å²) in [5.41, 5.74) is 1.59. The van der Waals surface area contributed by atoms with Crippen LogP contribution in [0.3, 0.4) is 0 Å². The first-order valence-electron chi connectivity index (χ1n) is 6.19. The molecule has 0 aromatic heterocycles. The molecule has 2 aromatic carbocycles. The van der Waals surface area contributed by atoms with Crippen molar-refractivity contribution >= 4 is 5.78 Å². The molecule has 98 valence electrons. The molecule has 0 unspecified atom stereocenters. The molecule has 0 saturated carbocycles. The van der Waals surface area contributed by atoms with Gasteiger partial charge in [-0.25, -0.2) is 4.39 Å². The van der Waals surface area contributed by atoms with Gasteiger partial charge in [0.25, 0.3) is 0 Å². The number of benzene rings is 2. The van der Waals surface area contributed by atoms with E-state index in [2.05, 4.69) is 0 Å². The van der Waals surface area contributed by atoms with E-state index in [4.69, 9.17) is 4.74 Å². The number of hydrogen-bond acceptors (Lipinski definition) is 2. The van der Waals surface area contributed by atoms with Gasteiger partial charge in [0.15, 0.2) is 5.78 Å². The zero-order chi connectivity index (χ0) is 13.7. The lowest BCUT2D eigenvalue weighted by Crippen LogP contribution is -1.98. The molecule has 0 fully saturated rings. The van der Waals surface area contributed by atoms with Crippen molar-refractivity contribution in [3.8, 4) is 5.75 Å². The maximum absolute atomic E-state index is 12.7. The van der Waals surface area contributed by atoms with Gasteiger partial charge >= 0.3 is 0 Å². The van der Waals surface area contributed by atoms with Gasteiger partial charge in [-0.1, -0.05) is 19.1 Å². The van der Waals surface area contributed by atoms with E-state index in [1.165, 1.54) is 12.1 Å². The number of hydrogen-bond donors (Lipinski definition) is 0. The minimum atomic E-state index is -0.258. The molecule has 3 heteroatoms. The summed E-state index contributed by atoms with van der Waals surface area (Å²) in [4.78, 5) is 11.5. The fraction of sp³-hybridized carbons (Fsp3) is 0.188. The van der Waals surface area contributed by atoms with Crippen LogP contribution in [-0.2, 0) is 6.61 Å². The Morgan fingerprint density at radius 3 is 2.26 bits per heavy atom. The number of halogens is 1. The predicted octanol–water partition coefficient (Wildman–Crippen LogP) is 4.00. The van der Waals surface area contributed by atoms with E-state index in [-0.39, 0.29) is 11.6 Å². The van der Waals surface area contributed by atoms with Crippen molar-refractivity contribution in [2.75, 3.05) is 0 Å². The molecular weight excluding hydrogens is 243 g/mol. The van der Waals surface area contributed by atoms with E-state index in [0.29, 0.717) is 24.3 Å². The number of ether oxygens (including phenoxy) is 1. The zero-order valence-electron chi connectivity index (χ0n) is 10.7. The van der Waals surface area contributed by atoms with Gasteiger partial charge in [-0.3, -0.25) is 4.79 Å². The predicted molar refractivity (Wildman–Crippen MR) is 71.8 cm³/mol. The van der Waals surface area contributed by atoms with Gasteiger partial charge in [0.05, 0.1) is 0 Å². The molecule has 0 heterocycles. The molecule has 2 rings (SSSR count). The highest BCUT2D eigenvalue weighted by molar-refractivity contribution is 5.95. The molecule has 0 aliphatic heterocycles. The topological polar surface area (TPSA) is 26.3 Å². The Labute approximate surface area is 111 Å². The molecule has 2 nitrogen and oxygen atoms in total. The van der Waals surface area contributed by atoms with Gasteiger partial charge in [-0.2, -0.15) is 0 Å². The second-order valence-corrected chi connectivity index (χ2v) is 4.22. The number of Topliss-reactive ketones (excluding diaryl/α,β-unsaturated/α-hetero) is 1. The third kappa shape index (κ3) is 3.65. The third-order valence-corrected chi connectivity index (χ3v) is 2.82. The Morgan fingerprint density at radius 2 is 1.68 bits per heavy atom. The fourth-order valence-corrected chi connectivity index (χ4v) is 1.69. The molecule has 0 bridgehead atoms. The normalized spacial score (nSPS) is 10.2. The zero-order valence-corrected chi connectivity index (χ0v) is 10.7. The summed E-state index contributed by atoms with van der Waals surface area (Å²) in [5.74, 6) is 0.549. The highest BCUT2D eigenvalue weighted by Gasteiger charge is 2.03. The van der Waals surface area contributed by atoms with Gasteiger partial charge < -0.3 is 4.74 Å². The van der Waals surface area contributed by atoms with Gasteiger partial charge in [0.1, 0.15) is 18.2 Å². The number of carbonyl (C=O) groups is 1. The standard InChI is InChI=1S/C16H15FO2/c1-2-16(18)13-5-9-15(10-6-13)19-11-12-3-7-14(17)8-4-12/h3-10H,2,11H2,1H3. The lowest BCUT2D eigenvalue weighted by molar-refractivity contribution is 0.0988. The van der Waals surface area contributed by atoms with Crippen LogP contribution in [0.1, 0.15) is 29.3 Å². The smallest absolute Gasteiger partial charge is 0.162 e. The van der Waals surface area contributed by atoms with Crippen LogP contribution in [0.2, 0.25) is 0 Å². The molecular formula is C16H15FO2. The second kappa shape index (κ2) is 6.14. The summed E-state index contributed by atoms with van der Waals surface area (Å²) in [5, 5.41) is 0. The Morgan fingerprint density at radius 1 is 1.05 bits per heavy atom. The average Bonchev–Trinajstić information content (AvgIpc) is 2.46. The van der Waals surface area contributed by atoms with Crippen LogP contribution in [0, 0.1) is 5.82 Å². The van der Waals surface area contributed by atoms with Crippen LogP contribution < -0.4 is 4.74 Å². The number of ketones is 1. The Kier molecular flexibility index (Phi) is 4.29. The highest BCUT2D eigenvalue weighted by atomic mass is 19.1. The van der Waals surface area contributed by atoms with Crippen LogP contribution in [0.5, 0.6) is 5.75 Å². The van der Waals surface area contributed by atoms with Crippen molar-refractivity contribution in [3.63, 3.8) is 0 Å². The quantitative estimate of drug-likeness (QED) is 0.758. The van der Waals surface area contributed by atoms with Crippen LogP contribution in [0.25, 0.3) is 0 Å². The molecule has 0 saturated heterocycles. The SMILES string of the molecule is CCC(=O)c1ccc(OCc2ccc(F)cc2)cc1. The lowest BCUT2D eigenvalue weighted by Gasteiger charge is -2.07. The molecule has 0 N–H and O–H groups in total. The lowest BCUT2D eigenvalue weighted by atomic mass is 10.1. The maximum atomic E-state index is 12.7. The second-order valence-electron chi connectivity index (χ2n) is 4.22. The van der Waals surface area contributed by atoms with E-state index in [1.807, 2.05) is 6.92 Å². The van der Waals surface area contributed by atoms with Crippen LogP contribution in [0.15, 0.2) is 48.5 Å². The molecule has 0 spiro atoms. The highest BCUT2D eigenvalue weighted by Crippen LogP contribution is 2.15. The summed E-state index contributed by atoms with van der Waals surface area (Å²) >= 11 is 0. The van der Waals surface area contributed by atoms with Gasteiger partial charge in [0, 0.05) is 12.0 Å². The summed E-state index contributed by atoms with van der Waals surface area (Å²) in [7, 11) is 0. The first-order chi connectivity index (χ1) is 9.19. The molecule has 0 atom stereocenters. The minimum absolute atomic E-state index is 0.116. The van der Waals surface area contributed by atoms with Crippen molar-refractivity contribution in [3.05, 3.63) is 65.5 Å². The molecule has 19 heavy (non-hydrogen) atoms. The fourth-order valence-electron chi connectivity index (χ4n) is 1.69.